The highest BCUT2D eigenvalue weighted by atomic mass is 32.2. The van der Waals surface area contributed by atoms with E-state index in [9.17, 15) is 13.8 Å². The van der Waals surface area contributed by atoms with Crippen molar-refractivity contribution in [2.75, 3.05) is 0 Å². The van der Waals surface area contributed by atoms with Gasteiger partial charge in [0.25, 0.3) is 11.3 Å². The summed E-state index contributed by atoms with van der Waals surface area (Å²) in [6, 6.07) is -1.40. The highest BCUT2D eigenvalue weighted by Gasteiger charge is 2.46. The molecule has 0 aromatic carbocycles. The molecule has 13 heavy (non-hydrogen) atoms. The summed E-state index contributed by atoms with van der Waals surface area (Å²) in [4.78, 5) is 21.0. The Bertz CT molecular complexity index is 278. The molecule has 1 aliphatic heterocycles. The van der Waals surface area contributed by atoms with Gasteiger partial charge in [0.15, 0.2) is 6.04 Å². The minimum Gasteiger partial charge on any atom is -0.480 e. The molecular formula is C5H7NO6S. The van der Waals surface area contributed by atoms with E-state index in [0.29, 0.717) is 0 Å². The van der Waals surface area contributed by atoms with E-state index in [4.69, 9.17) is 10.2 Å². The smallest absolute Gasteiger partial charge is 0.421 e. The molecule has 0 aliphatic carbocycles. The maximum atomic E-state index is 10.9. The molecular weight excluding hydrogens is 202 g/mol. The molecule has 3 atom stereocenters. The second-order valence-electron chi connectivity index (χ2n) is 2.41. The van der Waals surface area contributed by atoms with E-state index in [1.165, 1.54) is 6.92 Å². The zero-order valence-corrected chi connectivity index (χ0v) is 7.35. The van der Waals surface area contributed by atoms with Crippen LogP contribution in [-0.4, -0.2) is 42.9 Å². The van der Waals surface area contributed by atoms with Crippen molar-refractivity contribution in [1.29, 1.82) is 0 Å². The molecule has 1 rings (SSSR count). The lowest BCUT2D eigenvalue weighted by Gasteiger charge is -2.14. The van der Waals surface area contributed by atoms with E-state index >= 15 is 0 Å². The highest BCUT2D eigenvalue weighted by molar-refractivity contribution is 7.78. The molecule has 0 radical (unpaired) electrons. The number of aliphatic carboxylic acids is 1. The van der Waals surface area contributed by atoms with Gasteiger partial charge in [-0.05, 0) is 6.92 Å². The largest absolute Gasteiger partial charge is 0.480 e. The van der Waals surface area contributed by atoms with Crippen LogP contribution in [-0.2, 0) is 20.2 Å². The van der Waals surface area contributed by atoms with Crippen LogP contribution in [0.4, 0.5) is 4.79 Å². The predicted molar refractivity (Wildman–Crippen MR) is 40.0 cm³/mol. The van der Waals surface area contributed by atoms with Crippen LogP contribution in [0.5, 0.6) is 0 Å². The summed E-state index contributed by atoms with van der Waals surface area (Å²) in [5, 5.41) is 17.1. The summed E-state index contributed by atoms with van der Waals surface area (Å²) >= 11 is -2.22. The molecule has 1 saturated heterocycles. The Morgan fingerprint density at radius 2 is 2.00 bits per heavy atom. The number of amides is 1. The van der Waals surface area contributed by atoms with Gasteiger partial charge in [0.05, 0.1) is 0 Å². The predicted octanol–water partition coefficient (Wildman–Crippen LogP) is -0.583. The van der Waals surface area contributed by atoms with Crippen LogP contribution in [0.25, 0.3) is 0 Å². The fourth-order valence-corrected chi connectivity index (χ4v) is 2.03. The maximum Gasteiger partial charge on any atom is 0.421 e. The Morgan fingerprint density at radius 3 is 2.31 bits per heavy atom. The quantitative estimate of drug-likeness (QED) is 0.598. The lowest BCUT2D eigenvalue weighted by molar-refractivity contribution is -0.142. The molecule has 0 spiro atoms. The lowest BCUT2D eigenvalue weighted by atomic mass is 10.2. The van der Waals surface area contributed by atoms with Gasteiger partial charge in [-0.15, -0.1) is 0 Å². The molecule has 0 aromatic heterocycles. The average molecular weight is 209 g/mol. The van der Waals surface area contributed by atoms with Crippen LogP contribution in [0, 0.1) is 0 Å². The van der Waals surface area contributed by atoms with E-state index in [0.717, 1.165) is 0 Å². The number of hydrogen-bond donors (Lipinski definition) is 2. The minimum atomic E-state index is -2.22. The number of rotatable bonds is 1. The van der Waals surface area contributed by atoms with Crippen LogP contribution < -0.4 is 0 Å². The molecule has 0 aromatic rings. The van der Waals surface area contributed by atoms with Crippen LogP contribution in [0.2, 0.25) is 0 Å². The van der Waals surface area contributed by atoms with Crippen molar-refractivity contribution in [3.8, 4) is 0 Å². The molecule has 1 heterocycles. The summed E-state index contributed by atoms with van der Waals surface area (Å²) in [7, 11) is 0. The first-order valence-electron chi connectivity index (χ1n) is 3.29. The molecule has 1 fully saturated rings. The summed E-state index contributed by atoms with van der Waals surface area (Å²) < 4.78 is 15.7. The van der Waals surface area contributed by atoms with Crippen molar-refractivity contribution in [2.24, 2.45) is 0 Å². The van der Waals surface area contributed by atoms with Crippen LogP contribution in [0.3, 0.4) is 0 Å². The van der Waals surface area contributed by atoms with E-state index in [2.05, 4.69) is 4.18 Å². The Balaban J connectivity index is 2.96. The second kappa shape index (κ2) is 3.30. The third kappa shape index (κ3) is 1.63. The molecule has 0 saturated carbocycles. The molecule has 8 heteroatoms. The van der Waals surface area contributed by atoms with Gasteiger partial charge in [-0.1, -0.05) is 0 Å². The first-order valence-corrected chi connectivity index (χ1v) is 4.32. The average Bonchev–Trinajstić information content (AvgIpc) is 2.24. The third-order valence-corrected chi connectivity index (χ3v) is 2.71. The standard InChI is InChI=1S/C5H7NO6S/c1-2-3(4(7)8)6(5(9)10)13(11)12-2/h2-3H,1H3,(H,7,8)(H,9,10). The van der Waals surface area contributed by atoms with Crippen molar-refractivity contribution < 1.29 is 28.2 Å². The SMILES string of the molecule is CC1OS(=O)N(C(=O)O)C1C(=O)O. The molecule has 2 N–H and O–H groups in total. The number of carboxylic acids is 1. The highest BCUT2D eigenvalue weighted by Crippen LogP contribution is 2.21. The van der Waals surface area contributed by atoms with Gasteiger partial charge in [0.1, 0.15) is 6.10 Å². The van der Waals surface area contributed by atoms with E-state index < -0.39 is 35.5 Å². The maximum absolute atomic E-state index is 10.9. The van der Waals surface area contributed by atoms with E-state index in [1.807, 2.05) is 0 Å². The summed E-state index contributed by atoms with van der Waals surface area (Å²) in [6.45, 7) is 1.35. The van der Waals surface area contributed by atoms with E-state index in [1.54, 1.807) is 0 Å². The first kappa shape index (κ1) is 9.93. The van der Waals surface area contributed by atoms with Crippen molar-refractivity contribution in [2.45, 2.75) is 19.1 Å². The van der Waals surface area contributed by atoms with Crippen molar-refractivity contribution >= 4 is 23.3 Å². The number of nitrogens with zero attached hydrogens (tertiary/aromatic N) is 1. The third-order valence-electron chi connectivity index (χ3n) is 1.53. The topological polar surface area (TPSA) is 104 Å². The first-order chi connectivity index (χ1) is 5.95. The van der Waals surface area contributed by atoms with Crippen molar-refractivity contribution in [1.82, 2.24) is 4.31 Å². The fourth-order valence-electron chi connectivity index (χ4n) is 0.996. The summed E-state index contributed by atoms with van der Waals surface area (Å²) in [5.41, 5.74) is 0. The number of hydrogen-bond acceptors (Lipinski definition) is 4. The fraction of sp³-hybridized carbons (Fsp3) is 0.600. The molecule has 3 unspecified atom stereocenters. The molecule has 1 aliphatic rings. The van der Waals surface area contributed by atoms with Gasteiger partial charge in [0.2, 0.25) is 0 Å². The van der Waals surface area contributed by atoms with Gasteiger partial charge >= 0.3 is 12.1 Å². The lowest BCUT2D eigenvalue weighted by Crippen LogP contribution is -2.43. The summed E-state index contributed by atoms with van der Waals surface area (Å²) in [6.07, 6.45) is -2.48. The normalized spacial score (nSPS) is 33.3. The Kier molecular flexibility index (Phi) is 2.52. The van der Waals surface area contributed by atoms with Gasteiger partial charge in [-0.3, -0.25) is 4.18 Å². The van der Waals surface area contributed by atoms with Crippen LogP contribution in [0.1, 0.15) is 6.92 Å². The van der Waals surface area contributed by atoms with Crippen molar-refractivity contribution in [3.63, 3.8) is 0 Å². The molecule has 1 amide bonds. The van der Waals surface area contributed by atoms with Gasteiger partial charge in [-0.2, -0.15) is 4.31 Å². The van der Waals surface area contributed by atoms with Crippen LogP contribution in [0.15, 0.2) is 0 Å². The van der Waals surface area contributed by atoms with Gasteiger partial charge in [0, 0.05) is 0 Å². The van der Waals surface area contributed by atoms with Gasteiger partial charge in [-0.25, -0.2) is 13.8 Å². The monoisotopic (exact) mass is 209 g/mol. The van der Waals surface area contributed by atoms with E-state index in [-0.39, 0.29) is 4.31 Å². The minimum absolute atomic E-state index is 0.271. The molecule has 7 nitrogen and oxygen atoms in total. The molecule has 74 valence electrons. The van der Waals surface area contributed by atoms with Gasteiger partial charge < -0.3 is 10.2 Å². The zero-order chi connectivity index (χ0) is 10.2. The Labute approximate surface area is 75.7 Å². The van der Waals surface area contributed by atoms with Crippen LogP contribution >= 0.6 is 0 Å². The Hall–Kier alpha value is -1.15. The summed E-state index contributed by atoms with van der Waals surface area (Å²) in [5.74, 6) is -1.37. The van der Waals surface area contributed by atoms with Crippen molar-refractivity contribution in [3.05, 3.63) is 0 Å². The second-order valence-corrected chi connectivity index (χ2v) is 3.43. The number of carboxylic acid groups (broad SMARTS) is 2. The Morgan fingerprint density at radius 1 is 1.46 bits per heavy atom. The zero-order valence-electron chi connectivity index (χ0n) is 6.54. The molecule has 0 bridgehead atoms. The number of carbonyl (C=O) groups is 2.